The number of benzene rings is 1. The third kappa shape index (κ3) is 5.34. The van der Waals surface area contributed by atoms with Crippen LogP contribution in [-0.2, 0) is 4.79 Å². The van der Waals surface area contributed by atoms with Crippen LogP contribution < -0.4 is 5.32 Å². The van der Waals surface area contributed by atoms with Gasteiger partial charge in [0.25, 0.3) is 0 Å². The van der Waals surface area contributed by atoms with Crippen LogP contribution in [0, 0.1) is 5.92 Å². The molecule has 166 valence electrons. The smallest absolute Gasteiger partial charge is 0.321 e. The number of rotatable bonds is 6. The van der Waals surface area contributed by atoms with Gasteiger partial charge in [0, 0.05) is 45.5 Å². The van der Waals surface area contributed by atoms with E-state index in [9.17, 15) is 9.59 Å². The molecule has 0 spiro atoms. The van der Waals surface area contributed by atoms with Gasteiger partial charge in [-0.05, 0) is 49.3 Å². The lowest BCUT2D eigenvalue weighted by Crippen LogP contribution is -2.58. The van der Waals surface area contributed by atoms with Gasteiger partial charge in [0.2, 0.25) is 5.91 Å². The van der Waals surface area contributed by atoms with Crippen molar-refractivity contribution in [2.75, 3.05) is 45.1 Å². The van der Waals surface area contributed by atoms with Gasteiger partial charge in [-0.25, -0.2) is 4.79 Å². The molecule has 3 rings (SSSR count). The number of urea groups is 1. The van der Waals surface area contributed by atoms with Gasteiger partial charge < -0.3 is 15.1 Å². The van der Waals surface area contributed by atoms with Crippen molar-refractivity contribution in [2.45, 2.75) is 58.4 Å². The SMILES string of the molecule is CCN(C)C(=O)[C@@H](C1CCCC1)N1CCN(C(=O)Nc2ccc(C(C)C)cc2)CC1. The van der Waals surface area contributed by atoms with Gasteiger partial charge in [-0.15, -0.1) is 0 Å². The molecule has 1 N–H and O–H groups in total. The molecule has 1 atom stereocenters. The van der Waals surface area contributed by atoms with E-state index in [0.29, 0.717) is 24.9 Å². The summed E-state index contributed by atoms with van der Waals surface area (Å²) in [7, 11) is 1.90. The summed E-state index contributed by atoms with van der Waals surface area (Å²) in [6.07, 6.45) is 4.73. The Morgan fingerprint density at radius 1 is 1.07 bits per heavy atom. The summed E-state index contributed by atoms with van der Waals surface area (Å²) < 4.78 is 0. The van der Waals surface area contributed by atoms with Crippen LogP contribution >= 0.6 is 0 Å². The number of piperazine rings is 1. The molecule has 2 fully saturated rings. The van der Waals surface area contributed by atoms with Crippen molar-refractivity contribution in [2.24, 2.45) is 5.92 Å². The molecule has 1 heterocycles. The molecule has 3 amide bonds. The molecule has 1 saturated carbocycles. The molecular formula is C24H38N4O2. The maximum atomic E-state index is 13.1. The van der Waals surface area contributed by atoms with E-state index in [1.54, 1.807) is 0 Å². The number of anilines is 1. The Hall–Kier alpha value is -2.08. The van der Waals surface area contributed by atoms with Crippen LogP contribution in [0.25, 0.3) is 0 Å². The van der Waals surface area contributed by atoms with Gasteiger partial charge in [0.15, 0.2) is 0 Å². The summed E-state index contributed by atoms with van der Waals surface area (Å²) in [5.74, 6) is 1.17. The number of hydrogen-bond donors (Lipinski definition) is 1. The van der Waals surface area contributed by atoms with Crippen molar-refractivity contribution >= 4 is 17.6 Å². The third-order valence-corrected chi connectivity index (χ3v) is 6.77. The highest BCUT2D eigenvalue weighted by atomic mass is 16.2. The molecular weight excluding hydrogens is 376 g/mol. The number of carbonyl (C=O) groups excluding carboxylic acids is 2. The number of nitrogens with one attached hydrogen (secondary N) is 1. The standard InChI is InChI=1S/C24H38N4O2/c1-5-26(4)23(29)22(20-8-6-7-9-20)27-14-16-28(17-15-27)24(30)25-21-12-10-19(11-13-21)18(2)3/h10-13,18,20,22H,5-9,14-17H2,1-4H3,(H,25,30)/t22-/m1/s1. The van der Waals surface area contributed by atoms with Crippen molar-refractivity contribution in [1.82, 2.24) is 14.7 Å². The van der Waals surface area contributed by atoms with Gasteiger partial charge >= 0.3 is 6.03 Å². The largest absolute Gasteiger partial charge is 0.345 e. The van der Waals surface area contributed by atoms with Crippen LogP contribution in [0.4, 0.5) is 10.5 Å². The second-order valence-electron chi connectivity index (χ2n) is 9.07. The molecule has 30 heavy (non-hydrogen) atoms. The lowest BCUT2D eigenvalue weighted by molar-refractivity contribution is -0.138. The summed E-state index contributed by atoms with van der Waals surface area (Å²) in [5, 5.41) is 3.02. The minimum atomic E-state index is -0.0543. The first-order chi connectivity index (χ1) is 14.4. The number of carbonyl (C=O) groups is 2. The molecule has 0 aromatic heterocycles. The van der Waals surface area contributed by atoms with Crippen LogP contribution in [0.15, 0.2) is 24.3 Å². The lowest BCUT2D eigenvalue weighted by Gasteiger charge is -2.41. The quantitative estimate of drug-likeness (QED) is 0.766. The monoisotopic (exact) mass is 414 g/mol. The summed E-state index contributed by atoms with van der Waals surface area (Å²) >= 11 is 0. The predicted molar refractivity (Wildman–Crippen MR) is 122 cm³/mol. The van der Waals surface area contributed by atoms with E-state index in [1.807, 2.05) is 35.9 Å². The van der Waals surface area contributed by atoms with E-state index in [2.05, 4.69) is 36.2 Å². The van der Waals surface area contributed by atoms with Crippen LogP contribution in [0.3, 0.4) is 0 Å². The van der Waals surface area contributed by atoms with Crippen molar-refractivity contribution in [1.29, 1.82) is 0 Å². The van der Waals surface area contributed by atoms with Gasteiger partial charge in [-0.3, -0.25) is 9.69 Å². The van der Waals surface area contributed by atoms with E-state index in [4.69, 9.17) is 0 Å². The second kappa shape index (κ2) is 10.3. The summed E-state index contributed by atoms with van der Waals surface area (Å²) in [4.78, 5) is 31.9. The minimum Gasteiger partial charge on any atom is -0.345 e. The Bertz CT molecular complexity index is 704. The van der Waals surface area contributed by atoms with E-state index in [1.165, 1.54) is 18.4 Å². The van der Waals surface area contributed by atoms with Gasteiger partial charge in [-0.1, -0.05) is 38.8 Å². The molecule has 0 unspecified atom stereocenters. The molecule has 6 heteroatoms. The third-order valence-electron chi connectivity index (χ3n) is 6.77. The molecule has 1 aromatic rings. The first kappa shape index (κ1) is 22.6. The van der Waals surface area contributed by atoms with E-state index in [-0.39, 0.29) is 18.0 Å². The molecule has 1 aromatic carbocycles. The average Bonchev–Trinajstić information content (AvgIpc) is 3.28. The van der Waals surface area contributed by atoms with Gasteiger partial charge in [0.1, 0.15) is 0 Å². The normalized spacial score (nSPS) is 19.2. The van der Waals surface area contributed by atoms with Crippen molar-refractivity contribution in [3.05, 3.63) is 29.8 Å². The van der Waals surface area contributed by atoms with Crippen molar-refractivity contribution in [3.8, 4) is 0 Å². The van der Waals surface area contributed by atoms with Crippen LogP contribution in [0.1, 0.15) is 57.9 Å². The molecule has 1 aliphatic heterocycles. The molecule has 2 aliphatic rings. The molecule has 1 saturated heterocycles. The van der Waals surface area contributed by atoms with E-state index >= 15 is 0 Å². The Kier molecular flexibility index (Phi) is 7.75. The van der Waals surface area contributed by atoms with Crippen LogP contribution in [0.2, 0.25) is 0 Å². The lowest BCUT2D eigenvalue weighted by atomic mass is 9.94. The number of hydrogen-bond acceptors (Lipinski definition) is 3. The highest BCUT2D eigenvalue weighted by molar-refractivity contribution is 5.89. The summed E-state index contributed by atoms with van der Waals surface area (Å²) in [5.41, 5.74) is 2.09. The zero-order chi connectivity index (χ0) is 21.7. The van der Waals surface area contributed by atoms with E-state index < -0.39 is 0 Å². The van der Waals surface area contributed by atoms with Crippen LogP contribution in [0.5, 0.6) is 0 Å². The van der Waals surface area contributed by atoms with Crippen molar-refractivity contribution < 1.29 is 9.59 Å². The Morgan fingerprint density at radius 2 is 1.67 bits per heavy atom. The maximum absolute atomic E-state index is 13.1. The van der Waals surface area contributed by atoms with E-state index in [0.717, 1.165) is 38.2 Å². The molecule has 1 aliphatic carbocycles. The summed E-state index contributed by atoms with van der Waals surface area (Å²) in [6, 6.07) is 7.99. The fourth-order valence-corrected chi connectivity index (χ4v) is 4.67. The first-order valence-corrected chi connectivity index (χ1v) is 11.6. The molecule has 0 radical (unpaired) electrons. The first-order valence-electron chi connectivity index (χ1n) is 11.6. The highest BCUT2D eigenvalue weighted by Gasteiger charge is 2.38. The molecule has 6 nitrogen and oxygen atoms in total. The Labute approximate surface area is 181 Å². The fraction of sp³-hybridized carbons (Fsp3) is 0.667. The summed E-state index contributed by atoms with van der Waals surface area (Å²) in [6.45, 7) is 9.91. The zero-order valence-corrected chi connectivity index (χ0v) is 19.1. The minimum absolute atomic E-state index is 0.0359. The predicted octanol–water partition coefficient (Wildman–Crippen LogP) is 4.00. The number of amides is 3. The maximum Gasteiger partial charge on any atom is 0.321 e. The van der Waals surface area contributed by atoms with Crippen LogP contribution in [-0.4, -0.2) is 72.5 Å². The number of nitrogens with zero attached hydrogens (tertiary/aromatic N) is 3. The molecule has 0 bridgehead atoms. The van der Waals surface area contributed by atoms with Gasteiger partial charge in [-0.2, -0.15) is 0 Å². The Morgan fingerprint density at radius 3 is 2.20 bits per heavy atom. The topological polar surface area (TPSA) is 55.9 Å². The average molecular weight is 415 g/mol. The fourth-order valence-electron chi connectivity index (χ4n) is 4.67. The Balaban J connectivity index is 1.57. The second-order valence-corrected chi connectivity index (χ2v) is 9.07. The van der Waals surface area contributed by atoms with Crippen molar-refractivity contribution in [3.63, 3.8) is 0 Å². The zero-order valence-electron chi connectivity index (χ0n) is 19.1. The van der Waals surface area contributed by atoms with Gasteiger partial charge in [0.05, 0.1) is 6.04 Å². The highest BCUT2D eigenvalue weighted by Crippen LogP contribution is 2.32. The number of likely N-dealkylation sites (N-methyl/N-ethyl adjacent to an activating group) is 1.